The molecule has 1 aromatic heterocycles. The van der Waals surface area contributed by atoms with E-state index < -0.39 is 5.82 Å². The Bertz CT molecular complexity index is 583. The monoisotopic (exact) mass is 253 g/mol. The van der Waals surface area contributed by atoms with Crippen LogP contribution in [0.4, 0.5) is 4.39 Å². The maximum Gasteiger partial charge on any atom is 0.195 e. The number of halogens is 1. The number of phenolic OH excluding ortho intramolecular Hbond substituents is 1. The maximum atomic E-state index is 13.7. The van der Waals surface area contributed by atoms with Crippen LogP contribution in [0.3, 0.4) is 0 Å². The van der Waals surface area contributed by atoms with Crippen LogP contribution in [0.2, 0.25) is 0 Å². The van der Waals surface area contributed by atoms with Gasteiger partial charge in [-0.15, -0.1) is 0 Å². The average molecular weight is 253 g/mol. The Kier molecular flexibility index (Phi) is 2.97. The Balaban J connectivity index is 2.74. The second kappa shape index (κ2) is 4.29. The predicted molar refractivity (Wildman–Crippen MR) is 64.9 cm³/mol. The van der Waals surface area contributed by atoms with Gasteiger partial charge in [0.15, 0.2) is 10.6 Å². The summed E-state index contributed by atoms with van der Waals surface area (Å²) in [5.41, 5.74) is 0.0635. The second-order valence-corrected chi connectivity index (χ2v) is 4.34. The fourth-order valence-corrected chi connectivity index (χ4v) is 2.04. The number of nitrogens with zero attached hydrogens (tertiary/aromatic N) is 2. The number of nitrogens with one attached hydrogen (secondary N) is 1. The molecule has 0 amide bonds. The lowest BCUT2D eigenvalue weighted by atomic mass is 10.1. The standard InChI is InChI=1S/C11H12FN3OS/c1-6(2)15-10(13-14-11(15)17)9-7(12)4-3-5-8(9)16/h3-6,16H,1-2H3,(H,14,17). The van der Waals surface area contributed by atoms with Crippen molar-refractivity contribution in [3.05, 3.63) is 28.8 Å². The number of aromatic nitrogens is 3. The highest BCUT2D eigenvalue weighted by molar-refractivity contribution is 7.71. The van der Waals surface area contributed by atoms with E-state index in [9.17, 15) is 9.50 Å². The topological polar surface area (TPSA) is 53.8 Å². The van der Waals surface area contributed by atoms with Crippen molar-refractivity contribution in [1.29, 1.82) is 0 Å². The van der Waals surface area contributed by atoms with Gasteiger partial charge in [-0.05, 0) is 38.2 Å². The van der Waals surface area contributed by atoms with Crippen LogP contribution in [-0.2, 0) is 0 Å². The van der Waals surface area contributed by atoms with Gasteiger partial charge in [-0.25, -0.2) is 4.39 Å². The molecule has 0 aliphatic heterocycles. The van der Waals surface area contributed by atoms with Gasteiger partial charge >= 0.3 is 0 Å². The smallest absolute Gasteiger partial charge is 0.195 e. The van der Waals surface area contributed by atoms with Crippen LogP contribution in [-0.4, -0.2) is 19.9 Å². The minimum absolute atomic E-state index is 0.0234. The SMILES string of the molecule is CC(C)n1c(-c2c(O)cccc2F)n[nH]c1=S. The van der Waals surface area contributed by atoms with Crippen LogP contribution in [0.1, 0.15) is 19.9 Å². The van der Waals surface area contributed by atoms with Crippen molar-refractivity contribution in [2.24, 2.45) is 0 Å². The van der Waals surface area contributed by atoms with Gasteiger partial charge in [-0.1, -0.05) is 6.07 Å². The minimum Gasteiger partial charge on any atom is -0.507 e. The maximum absolute atomic E-state index is 13.7. The quantitative estimate of drug-likeness (QED) is 0.809. The lowest BCUT2D eigenvalue weighted by Gasteiger charge is -2.11. The molecule has 1 aromatic carbocycles. The molecule has 90 valence electrons. The molecule has 0 bridgehead atoms. The van der Waals surface area contributed by atoms with Crippen LogP contribution >= 0.6 is 12.2 Å². The van der Waals surface area contributed by atoms with Crippen molar-refractivity contribution in [3.8, 4) is 17.1 Å². The molecule has 0 saturated heterocycles. The van der Waals surface area contributed by atoms with Crippen molar-refractivity contribution in [2.75, 3.05) is 0 Å². The average Bonchev–Trinajstić information content (AvgIpc) is 2.60. The lowest BCUT2D eigenvalue weighted by Crippen LogP contribution is -2.04. The van der Waals surface area contributed by atoms with Gasteiger partial charge in [0.1, 0.15) is 11.6 Å². The highest BCUT2D eigenvalue weighted by atomic mass is 32.1. The van der Waals surface area contributed by atoms with Crippen LogP contribution in [0.15, 0.2) is 18.2 Å². The number of aromatic hydroxyl groups is 1. The highest BCUT2D eigenvalue weighted by Gasteiger charge is 2.18. The Morgan fingerprint density at radius 3 is 2.76 bits per heavy atom. The molecule has 0 radical (unpaired) electrons. The third-order valence-electron chi connectivity index (χ3n) is 2.44. The van der Waals surface area contributed by atoms with E-state index in [1.807, 2.05) is 13.8 Å². The summed E-state index contributed by atoms with van der Waals surface area (Å²) in [6, 6.07) is 4.16. The number of benzene rings is 1. The number of phenols is 1. The van der Waals surface area contributed by atoms with Crippen LogP contribution in [0.25, 0.3) is 11.4 Å². The van der Waals surface area contributed by atoms with E-state index in [0.717, 1.165) is 0 Å². The van der Waals surface area contributed by atoms with Crippen molar-refractivity contribution in [1.82, 2.24) is 14.8 Å². The summed E-state index contributed by atoms with van der Waals surface area (Å²) >= 11 is 5.08. The molecule has 0 saturated carbocycles. The molecule has 0 aliphatic carbocycles. The van der Waals surface area contributed by atoms with Crippen LogP contribution < -0.4 is 0 Å². The minimum atomic E-state index is -0.527. The third-order valence-corrected chi connectivity index (χ3v) is 2.72. The van der Waals surface area contributed by atoms with Gasteiger partial charge in [0.05, 0.1) is 5.56 Å². The largest absolute Gasteiger partial charge is 0.507 e. The summed E-state index contributed by atoms with van der Waals surface area (Å²) < 4.78 is 15.8. The van der Waals surface area contributed by atoms with Gasteiger partial charge in [0, 0.05) is 6.04 Å². The Morgan fingerprint density at radius 1 is 1.47 bits per heavy atom. The first-order chi connectivity index (χ1) is 8.02. The molecule has 2 aromatic rings. The molecule has 0 atom stereocenters. The van der Waals surface area contributed by atoms with E-state index >= 15 is 0 Å². The Morgan fingerprint density at radius 2 is 2.18 bits per heavy atom. The van der Waals surface area contributed by atoms with Gasteiger partial charge in [0.2, 0.25) is 0 Å². The second-order valence-electron chi connectivity index (χ2n) is 3.95. The zero-order chi connectivity index (χ0) is 12.6. The lowest BCUT2D eigenvalue weighted by molar-refractivity contribution is 0.470. The van der Waals surface area contributed by atoms with Crippen molar-refractivity contribution in [3.63, 3.8) is 0 Å². The van der Waals surface area contributed by atoms with E-state index in [0.29, 0.717) is 10.6 Å². The van der Waals surface area contributed by atoms with Crippen LogP contribution in [0.5, 0.6) is 5.75 Å². The number of aromatic amines is 1. The number of H-pyrrole nitrogens is 1. The third kappa shape index (κ3) is 1.95. The fraction of sp³-hybridized carbons (Fsp3) is 0.273. The Hall–Kier alpha value is -1.69. The predicted octanol–water partition coefficient (Wildman–Crippen LogP) is 3.03. The highest BCUT2D eigenvalue weighted by Crippen LogP contribution is 2.31. The summed E-state index contributed by atoms with van der Waals surface area (Å²) in [7, 11) is 0. The fourth-order valence-electron chi connectivity index (χ4n) is 1.69. The van der Waals surface area contributed by atoms with Crippen molar-refractivity contribution >= 4 is 12.2 Å². The van der Waals surface area contributed by atoms with E-state index in [1.54, 1.807) is 4.57 Å². The number of hydrogen-bond acceptors (Lipinski definition) is 3. The van der Waals surface area contributed by atoms with Crippen LogP contribution in [0, 0.1) is 10.6 Å². The molecule has 2 rings (SSSR count). The first-order valence-corrected chi connectivity index (χ1v) is 5.58. The van der Waals surface area contributed by atoms with E-state index in [-0.39, 0.29) is 17.4 Å². The summed E-state index contributed by atoms with van der Waals surface area (Å²) in [5.74, 6) is -0.373. The molecule has 4 nitrogen and oxygen atoms in total. The molecule has 0 spiro atoms. The molecule has 0 unspecified atom stereocenters. The molecular weight excluding hydrogens is 241 g/mol. The van der Waals surface area contributed by atoms with Gasteiger partial charge < -0.3 is 5.11 Å². The van der Waals surface area contributed by atoms with Crippen molar-refractivity contribution in [2.45, 2.75) is 19.9 Å². The van der Waals surface area contributed by atoms with E-state index in [2.05, 4.69) is 10.2 Å². The first kappa shape index (κ1) is 11.8. The summed E-state index contributed by atoms with van der Waals surface area (Å²) in [4.78, 5) is 0. The molecule has 1 heterocycles. The number of hydrogen-bond donors (Lipinski definition) is 2. The normalized spacial score (nSPS) is 11.1. The molecule has 17 heavy (non-hydrogen) atoms. The zero-order valence-electron chi connectivity index (χ0n) is 9.44. The summed E-state index contributed by atoms with van der Waals surface area (Å²) in [6.45, 7) is 3.82. The molecular formula is C11H12FN3OS. The molecule has 0 fully saturated rings. The van der Waals surface area contributed by atoms with Crippen molar-refractivity contribution < 1.29 is 9.50 Å². The zero-order valence-corrected chi connectivity index (χ0v) is 10.3. The molecule has 0 aliphatic rings. The first-order valence-electron chi connectivity index (χ1n) is 5.17. The molecule has 2 N–H and O–H groups in total. The molecule has 6 heteroatoms. The van der Waals surface area contributed by atoms with Gasteiger partial charge in [0.25, 0.3) is 0 Å². The van der Waals surface area contributed by atoms with Gasteiger partial charge in [-0.3, -0.25) is 9.67 Å². The van der Waals surface area contributed by atoms with E-state index in [4.69, 9.17) is 12.2 Å². The van der Waals surface area contributed by atoms with Gasteiger partial charge in [-0.2, -0.15) is 5.10 Å². The summed E-state index contributed by atoms with van der Waals surface area (Å²) in [6.07, 6.45) is 0. The Labute approximate surface area is 103 Å². The van der Waals surface area contributed by atoms with E-state index in [1.165, 1.54) is 18.2 Å². The number of rotatable bonds is 2. The summed E-state index contributed by atoms with van der Waals surface area (Å²) in [5, 5.41) is 16.3.